The first-order valence-corrected chi connectivity index (χ1v) is 9.62. The van der Waals surface area contributed by atoms with Crippen LogP contribution in [0, 0.1) is 5.92 Å². The molecule has 1 amide bonds. The molecule has 0 aliphatic carbocycles. The largest absolute Gasteiger partial charge is 0.379 e. The normalized spacial score (nSPS) is 28.6. The average molecular weight is 360 g/mol. The lowest BCUT2D eigenvalue weighted by Gasteiger charge is -2.30. The molecule has 0 radical (unpaired) electrons. The zero-order chi connectivity index (χ0) is 17.8. The summed E-state index contributed by atoms with van der Waals surface area (Å²) in [5, 5.41) is 0. The average Bonchev–Trinajstić information content (AvgIpc) is 2.80. The van der Waals surface area contributed by atoms with E-state index in [0.717, 1.165) is 32.8 Å². The highest BCUT2D eigenvalue weighted by Crippen LogP contribution is 2.26. The van der Waals surface area contributed by atoms with Gasteiger partial charge in [0.15, 0.2) is 0 Å². The van der Waals surface area contributed by atoms with Crippen LogP contribution in [0.4, 0.5) is 0 Å². The Balaban J connectivity index is 1.43. The number of amides is 1. The van der Waals surface area contributed by atoms with Gasteiger partial charge in [-0.2, -0.15) is 0 Å². The van der Waals surface area contributed by atoms with Gasteiger partial charge in [-0.15, -0.1) is 0 Å². The van der Waals surface area contributed by atoms with Crippen molar-refractivity contribution >= 4 is 5.91 Å². The highest BCUT2D eigenvalue weighted by molar-refractivity contribution is 5.77. The summed E-state index contributed by atoms with van der Waals surface area (Å²) in [5.41, 5.74) is 1.17. The third-order valence-electron chi connectivity index (χ3n) is 5.47. The molecule has 0 spiro atoms. The van der Waals surface area contributed by atoms with Crippen LogP contribution < -0.4 is 0 Å². The van der Waals surface area contributed by atoms with E-state index in [2.05, 4.69) is 17.0 Å². The monoisotopic (exact) mass is 360 g/mol. The van der Waals surface area contributed by atoms with Crippen LogP contribution in [-0.2, 0) is 25.5 Å². The SMILES string of the molecule is O=C1CCO[C@H]2CN(CC3COCCOC3)C[C@@H]2N1Cc1ccccc1. The van der Waals surface area contributed by atoms with Crippen LogP contribution in [0.2, 0.25) is 0 Å². The van der Waals surface area contributed by atoms with Gasteiger partial charge in [-0.05, 0) is 5.56 Å². The molecule has 3 fully saturated rings. The summed E-state index contributed by atoms with van der Waals surface area (Å²) < 4.78 is 17.3. The second-order valence-corrected chi connectivity index (χ2v) is 7.47. The number of carbonyl (C=O) groups is 1. The predicted molar refractivity (Wildman–Crippen MR) is 96.7 cm³/mol. The zero-order valence-corrected chi connectivity index (χ0v) is 15.2. The summed E-state index contributed by atoms with van der Waals surface area (Å²) in [6, 6.07) is 10.4. The molecular weight excluding hydrogens is 332 g/mol. The van der Waals surface area contributed by atoms with E-state index < -0.39 is 0 Å². The maximum Gasteiger partial charge on any atom is 0.225 e. The van der Waals surface area contributed by atoms with E-state index in [1.807, 2.05) is 23.1 Å². The van der Waals surface area contributed by atoms with E-state index in [4.69, 9.17) is 14.2 Å². The maximum absolute atomic E-state index is 12.7. The lowest BCUT2D eigenvalue weighted by Crippen LogP contribution is -2.45. The minimum absolute atomic E-state index is 0.0952. The number of hydrogen-bond donors (Lipinski definition) is 0. The molecule has 26 heavy (non-hydrogen) atoms. The van der Waals surface area contributed by atoms with Gasteiger partial charge in [0.2, 0.25) is 5.91 Å². The molecule has 142 valence electrons. The van der Waals surface area contributed by atoms with E-state index in [0.29, 0.717) is 38.7 Å². The lowest BCUT2D eigenvalue weighted by atomic mass is 10.1. The van der Waals surface area contributed by atoms with E-state index in [9.17, 15) is 4.79 Å². The summed E-state index contributed by atoms with van der Waals surface area (Å²) in [6.45, 7) is 6.72. The summed E-state index contributed by atoms with van der Waals surface area (Å²) in [5.74, 6) is 0.586. The van der Waals surface area contributed by atoms with E-state index in [-0.39, 0.29) is 18.1 Å². The Morgan fingerprint density at radius 3 is 2.54 bits per heavy atom. The minimum atomic E-state index is 0.0952. The first kappa shape index (κ1) is 17.9. The zero-order valence-electron chi connectivity index (χ0n) is 15.2. The fourth-order valence-corrected chi connectivity index (χ4v) is 4.19. The number of fused-ring (bicyclic) bond motifs is 1. The molecule has 3 heterocycles. The molecule has 0 unspecified atom stereocenters. The Labute approximate surface area is 155 Å². The quantitative estimate of drug-likeness (QED) is 0.806. The predicted octanol–water partition coefficient (Wildman–Crippen LogP) is 1.15. The second kappa shape index (κ2) is 8.48. The fraction of sp³-hybridized carbons (Fsp3) is 0.650. The second-order valence-electron chi connectivity index (χ2n) is 7.47. The van der Waals surface area contributed by atoms with Gasteiger partial charge in [-0.1, -0.05) is 30.3 Å². The number of ether oxygens (including phenoxy) is 3. The summed E-state index contributed by atoms with van der Waals surface area (Å²) >= 11 is 0. The topological polar surface area (TPSA) is 51.2 Å². The van der Waals surface area contributed by atoms with E-state index >= 15 is 0 Å². The molecule has 2 atom stereocenters. The molecule has 6 nitrogen and oxygen atoms in total. The van der Waals surface area contributed by atoms with Gasteiger partial charge in [-0.25, -0.2) is 0 Å². The molecule has 0 bridgehead atoms. The third kappa shape index (κ3) is 4.26. The number of hydrogen-bond acceptors (Lipinski definition) is 5. The lowest BCUT2D eigenvalue weighted by molar-refractivity contribution is -0.133. The van der Waals surface area contributed by atoms with Crippen molar-refractivity contribution in [3.8, 4) is 0 Å². The van der Waals surface area contributed by atoms with Crippen LogP contribution in [0.25, 0.3) is 0 Å². The minimum Gasteiger partial charge on any atom is -0.379 e. The highest BCUT2D eigenvalue weighted by Gasteiger charge is 2.41. The van der Waals surface area contributed by atoms with Gasteiger partial charge < -0.3 is 19.1 Å². The maximum atomic E-state index is 12.7. The summed E-state index contributed by atoms with van der Waals surface area (Å²) in [4.78, 5) is 17.1. The van der Waals surface area contributed by atoms with Crippen LogP contribution >= 0.6 is 0 Å². The van der Waals surface area contributed by atoms with Crippen molar-refractivity contribution in [3.05, 3.63) is 35.9 Å². The van der Waals surface area contributed by atoms with Crippen molar-refractivity contribution in [3.63, 3.8) is 0 Å². The van der Waals surface area contributed by atoms with Gasteiger partial charge in [-0.3, -0.25) is 9.69 Å². The van der Waals surface area contributed by atoms with Crippen molar-refractivity contribution in [1.29, 1.82) is 0 Å². The molecule has 3 aliphatic rings. The Bertz CT molecular complexity index is 589. The Hall–Kier alpha value is -1.47. The molecule has 3 aliphatic heterocycles. The fourth-order valence-electron chi connectivity index (χ4n) is 4.19. The molecule has 0 aromatic heterocycles. The van der Waals surface area contributed by atoms with Gasteiger partial charge in [0.05, 0.1) is 51.6 Å². The number of nitrogens with zero attached hydrogens (tertiary/aromatic N) is 2. The van der Waals surface area contributed by atoms with Crippen molar-refractivity contribution in [2.75, 3.05) is 52.7 Å². The van der Waals surface area contributed by atoms with Gasteiger partial charge >= 0.3 is 0 Å². The van der Waals surface area contributed by atoms with Gasteiger partial charge in [0.25, 0.3) is 0 Å². The van der Waals surface area contributed by atoms with Crippen LogP contribution in [0.15, 0.2) is 30.3 Å². The number of rotatable bonds is 4. The van der Waals surface area contributed by atoms with Crippen molar-refractivity contribution in [2.24, 2.45) is 5.92 Å². The number of benzene rings is 1. The van der Waals surface area contributed by atoms with E-state index in [1.54, 1.807) is 0 Å². The molecule has 0 saturated carbocycles. The van der Waals surface area contributed by atoms with Crippen LogP contribution in [0.5, 0.6) is 0 Å². The van der Waals surface area contributed by atoms with Gasteiger partial charge in [0, 0.05) is 32.1 Å². The first-order chi connectivity index (χ1) is 12.8. The Morgan fingerprint density at radius 2 is 1.77 bits per heavy atom. The molecule has 4 rings (SSSR count). The Morgan fingerprint density at radius 1 is 1.00 bits per heavy atom. The van der Waals surface area contributed by atoms with Crippen molar-refractivity contribution in [1.82, 2.24) is 9.80 Å². The molecule has 3 saturated heterocycles. The Kier molecular flexibility index (Phi) is 5.84. The van der Waals surface area contributed by atoms with Crippen LogP contribution in [0.1, 0.15) is 12.0 Å². The summed E-state index contributed by atoms with van der Waals surface area (Å²) in [7, 11) is 0. The molecule has 1 aromatic carbocycles. The van der Waals surface area contributed by atoms with E-state index in [1.165, 1.54) is 5.56 Å². The molecular formula is C20H28N2O4. The van der Waals surface area contributed by atoms with Crippen LogP contribution in [-0.4, -0.2) is 80.5 Å². The van der Waals surface area contributed by atoms with Crippen molar-refractivity contribution in [2.45, 2.75) is 25.1 Å². The van der Waals surface area contributed by atoms with Crippen LogP contribution in [0.3, 0.4) is 0 Å². The smallest absolute Gasteiger partial charge is 0.225 e. The molecule has 6 heteroatoms. The first-order valence-electron chi connectivity index (χ1n) is 9.62. The standard InChI is InChI=1S/C20H28N2O4/c23-20-6-7-26-19-13-21(10-17-14-24-8-9-25-15-17)12-18(19)22(20)11-16-4-2-1-3-5-16/h1-5,17-19H,6-15H2/t18-,19-/m0/s1. The van der Waals surface area contributed by atoms with Gasteiger partial charge in [0.1, 0.15) is 0 Å². The number of likely N-dealkylation sites (tertiary alicyclic amines) is 1. The highest BCUT2D eigenvalue weighted by atomic mass is 16.5. The molecule has 0 N–H and O–H groups in total. The van der Waals surface area contributed by atoms with Crippen molar-refractivity contribution < 1.29 is 19.0 Å². The summed E-state index contributed by atoms with van der Waals surface area (Å²) in [6.07, 6.45) is 0.571. The third-order valence-corrected chi connectivity index (χ3v) is 5.47. The number of carbonyl (C=O) groups excluding carboxylic acids is 1. The molecule has 1 aromatic rings.